The SMILES string of the molecule is c1ccc(-c2nc(-c3ccc(-n4c5ccccc5c5cc6ccccc6cc54)c(-c4cc5ccccc5c5oc6ccccc6c45)c3)nc(-c3ccc4sc5ccccc5c4c3)n2)cc1. The second kappa shape index (κ2) is 14.0. The topological polar surface area (TPSA) is 56.7 Å². The molecule has 0 saturated heterocycles. The van der Waals surface area contributed by atoms with E-state index in [1.165, 1.54) is 41.7 Å². The van der Waals surface area contributed by atoms with E-state index >= 15 is 0 Å². The van der Waals surface area contributed by atoms with Gasteiger partial charge in [-0.1, -0.05) is 133 Å². The maximum Gasteiger partial charge on any atom is 0.164 e. The lowest BCUT2D eigenvalue weighted by molar-refractivity contribution is 0.673. The highest BCUT2D eigenvalue weighted by Crippen LogP contribution is 2.46. The lowest BCUT2D eigenvalue weighted by atomic mass is 9.93. The van der Waals surface area contributed by atoms with Gasteiger partial charge in [0.15, 0.2) is 17.5 Å². The van der Waals surface area contributed by atoms with E-state index in [4.69, 9.17) is 19.4 Å². The molecule has 65 heavy (non-hydrogen) atoms. The van der Waals surface area contributed by atoms with Gasteiger partial charge in [0.25, 0.3) is 0 Å². The Morgan fingerprint density at radius 3 is 1.82 bits per heavy atom. The summed E-state index contributed by atoms with van der Waals surface area (Å²) in [5.41, 5.74) is 9.89. The molecule has 0 unspecified atom stereocenters. The molecule has 5 nitrogen and oxygen atoms in total. The first-order valence-corrected chi connectivity index (χ1v) is 22.7. The van der Waals surface area contributed by atoms with Crippen LogP contribution in [-0.4, -0.2) is 19.5 Å². The van der Waals surface area contributed by atoms with E-state index in [1.807, 2.05) is 35.6 Å². The molecule has 0 aliphatic rings. The van der Waals surface area contributed by atoms with Crippen LogP contribution in [0.3, 0.4) is 0 Å². The lowest BCUT2D eigenvalue weighted by Crippen LogP contribution is -2.02. The van der Waals surface area contributed by atoms with Gasteiger partial charge in [-0.3, -0.25) is 0 Å². The lowest BCUT2D eigenvalue weighted by Gasteiger charge is -2.18. The minimum Gasteiger partial charge on any atom is -0.455 e. The fourth-order valence-electron chi connectivity index (χ4n) is 9.99. The zero-order valence-electron chi connectivity index (χ0n) is 34.7. The van der Waals surface area contributed by atoms with Crippen LogP contribution >= 0.6 is 11.3 Å². The molecule has 0 aliphatic heterocycles. The van der Waals surface area contributed by atoms with Gasteiger partial charge >= 0.3 is 0 Å². The third kappa shape index (κ3) is 5.61. The predicted molar refractivity (Wildman–Crippen MR) is 271 cm³/mol. The first-order valence-electron chi connectivity index (χ1n) is 21.8. The van der Waals surface area contributed by atoms with Gasteiger partial charge in [-0.2, -0.15) is 0 Å². The van der Waals surface area contributed by atoms with Crippen LogP contribution in [-0.2, 0) is 0 Å². The van der Waals surface area contributed by atoms with Crippen molar-refractivity contribution in [3.05, 3.63) is 206 Å². The van der Waals surface area contributed by atoms with Crippen LogP contribution in [0.2, 0.25) is 0 Å². The number of benzene rings is 10. The van der Waals surface area contributed by atoms with Crippen molar-refractivity contribution >= 4 is 96.8 Å². The van der Waals surface area contributed by atoms with Crippen molar-refractivity contribution in [2.24, 2.45) is 0 Å². The molecule has 0 saturated carbocycles. The molecular formula is C59H34N4OS. The molecule has 0 aliphatic carbocycles. The third-order valence-corrected chi connectivity index (χ3v) is 14.2. The van der Waals surface area contributed by atoms with Crippen molar-refractivity contribution in [2.75, 3.05) is 0 Å². The number of rotatable bonds is 5. The van der Waals surface area contributed by atoms with E-state index in [9.17, 15) is 0 Å². The molecule has 0 radical (unpaired) electrons. The molecule has 0 atom stereocenters. The van der Waals surface area contributed by atoms with Crippen molar-refractivity contribution in [1.29, 1.82) is 0 Å². The second-order valence-electron chi connectivity index (χ2n) is 16.7. The minimum absolute atomic E-state index is 0.597. The first-order chi connectivity index (χ1) is 32.2. The van der Waals surface area contributed by atoms with E-state index in [-0.39, 0.29) is 0 Å². The van der Waals surface area contributed by atoms with Crippen LogP contribution < -0.4 is 0 Å². The van der Waals surface area contributed by atoms with Crippen molar-refractivity contribution in [3.63, 3.8) is 0 Å². The van der Waals surface area contributed by atoms with Gasteiger partial charge in [0.05, 0.1) is 16.7 Å². The number of aromatic nitrogens is 4. The summed E-state index contributed by atoms with van der Waals surface area (Å²) < 4.78 is 11.7. The van der Waals surface area contributed by atoms with Crippen molar-refractivity contribution < 1.29 is 4.42 Å². The molecule has 0 spiro atoms. The van der Waals surface area contributed by atoms with Crippen LogP contribution in [0, 0.1) is 0 Å². The van der Waals surface area contributed by atoms with Crippen molar-refractivity contribution in [1.82, 2.24) is 19.5 Å². The summed E-state index contributed by atoms with van der Waals surface area (Å²) in [7, 11) is 0. The summed E-state index contributed by atoms with van der Waals surface area (Å²) in [5, 5.41) is 11.6. The van der Waals surface area contributed by atoms with E-state index in [1.54, 1.807) is 0 Å². The number of para-hydroxylation sites is 2. The molecule has 4 aromatic heterocycles. The van der Waals surface area contributed by atoms with Crippen LogP contribution in [0.25, 0.3) is 136 Å². The average molecular weight is 847 g/mol. The Morgan fingerprint density at radius 2 is 0.985 bits per heavy atom. The summed E-state index contributed by atoms with van der Waals surface area (Å²) in [6, 6.07) is 73.4. The third-order valence-electron chi connectivity index (χ3n) is 13.0. The van der Waals surface area contributed by atoms with Gasteiger partial charge in [0, 0.05) is 69.4 Å². The maximum atomic E-state index is 6.80. The highest BCUT2D eigenvalue weighted by Gasteiger charge is 2.23. The molecule has 0 amide bonds. The fourth-order valence-corrected chi connectivity index (χ4v) is 11.1. The highest BCUT2D eigenvalue weighted by molar-refractivity contribution is 7.25. The van der Waals surface area contributed by atoms with E-state index in [0.29, 0.717) is 17.5 Å². The Kier molecular flexibility index (Phi) is 7.79. The van der Waals surface area contributed by atoms with Gasteiger partial charge in [-0.25, -0.2) is 15.0 Å². The number of furan rings is 1. The van der Waals surface area contributed by atoms with E-state index in [0.717, 1.165) is 77.2 Å². The molecule has 0 N–H and O–H groups in total. The van der Waals surface area contributed by atoms with Crippen molar-refractivity contribution in [2.45, 2.75) is 0 Å². The monoisotopic (exact) mass is 846 g/mol. The second-order valence-corrected chi connectivity index (χ2v) is 17.8. The van der Waals surface area contributed by atoms with Gasteiger partial charge in [-0.05, 0) is 94.5 Å². The highest BCUT2D eigenvalue weighted by atomic mass is 32.1. The molecule has 4 heterocycles. The number of hydrogen-bond donors (Lipinski definition) is 0. The van der Waals surface area contributed by atoms with Crippen LogP contribution in [0.15, 0.2) is 211 Å². The summed E-state index contributed by atoms with van der Waals surface area (Å²) >= 11 is 1.81. The molecule has 14 aromatic rings. The maximum absolute atomic E-state index is 6.80. The van der Waals surface area contributed by atoms with Gasteiger partial charge in [0.2, 0.25) is 0 Å². The normalized spacial score (nSPS) is 12.0. The number of hydrogen-bond acceptors (Lipinski definition) is 5. The molecule has 6 heteroatoms. The fraction of sp³-hybridized carbons (Fsp3) is 0. The Bertz CT molecular complexity index is 4260. The van der Waals surface area contributed by atoms with Crippen LogP contribution in [0.5, 0.6) is 0 Å². The van der Waals surface area contributed by atoms with Gasteiger partial charge < -0.3 is 8.98 Å². The molecule has 10 aromatic carbocycles. The number of thiophene rings is 1. The standard InChI is InChI=1S/C59H34N4OS/c1-2-14-35(15-3-1)57-60-58(62-59(61-57)40-27-29-54-47(33-40)43-21-10-13-25-53(43)65-54)39-26-28-50(63-49-23-11-8-20-42(49)45-30-36-16-4-5-17-37(36)34-51(45)63)46(32-39)48-31-38-18-6-7-19-41(38)56-55(48)44-22-9-12-24-52(44)64-56/h1-34H. The summed E-state index contributed by atoms with van der Waals surface area (Å²) in [6.45, 7) is 0. The zero-order valence-corrected chi connectivity index (χ0v) is 35.6. The summed E-state index contributed by atoms with van der Waals surface area (Å²) in [6.07, 6.45) is 0. The van der Waals surface area contributed by atoms with Crippen molar-refractivity contribution in [3.8, 4) is 51.0 Å². The Balaban J connectivity index is 1.08. The van der Waals surface area contributed by atoms with Gasteiger partial charge in [0.1, 0.15) is 11.2 Å². The van der Waals surface area contributed by atoms with E-state index in [2.05, 4.69) is 187 Å². The first kappa shape index (κ1) is 36.1. The summed E-state index contributed by atoms with van der Waals surface area (Å²) in [4.78, 5) is 15.8. The van der Waals surface area contributed by atoms with Crippen LogP contribution in [0.4, 0.5) is 0 Å². The van der Waals surface area contributed by atoms with Gasteiger partial charge in [-0.15, -0.1) is 11.3 Å². The molecular weight excluding hydrogens is 813 g/mol. The Morgan fingerprint density at radius 1 is 0.369 bits per heavy atom. The molecule has 14 rings (SSSR count). The Hall–Kier alpha value is -8.45. The molecule has 0 fully saturated rings. The average Bonchev–Trinajstić information content (AvgIpc) is 4.05. The van der Waals surface area contributed by atoms with Crippen LogP contribution in [0.1, 0.15) is 0 Å². The quantitative estimate of drug-likeness (QED) is 0.173. The van der Waals surface area contributed by atoms with E-state index < -0.39 is 0 Å². The smallest absolute Gasteiger partial charge is 0.164 e. The zero-order chi connectivity index (χ0) is 42.6. The predicted octanol–water partition coefficient (Wildman–Crippen LogP) is 16.2. The number of nitrogens with zero attached hydrogens (tertiary/aromatic N) is 4. The largest absolute Gasteiger partial charge is 0.455 e. The molecule has 0 bridgehead atoms. The molecule has 302 valence electrons. The minimum atomic E-state index is 0.597. The Labute approximate surface area is 376 Å². The summed E-state index contributed by atoms with van der Waals surface area (Å²) in [5.74, 6) is 1.84. The number of fused-ring (bicyclic) bond motifs is 12.